The SMILES string of the molecule is CCCN(CCC)c1ccc(C(N)=S)c(Cl)c1. The normalized spacial score (nSPS) is 10.3. The number of rotatable bonds is 6. The van der Waals surface area contributed by atoms with E-state index in [4.69, 9.17) is 29.6 Å². The highest BCUT2D eigenvalue weighted by Gasteiger charge is 2.08. The molecule has 2 N–H and O–H groups in total. The zero-order valence-electron chi connectivity index (χ0n) is 10.4. The summed E-state index contributed by atoms with van der Waals surface area (Å²) in [6.07, 6.45) is 2.24. The molecule has 2 nitrogen and oxygen atoms in total. The fourth-order valence-electron chi connectivity index (χ4n) is 1.81. The van der Waals surface area contributed by atoms with Crippen LogP contribution in [0.25, 0.3) is 0 Å². The van der Waals surface area contributed by atoms with E-state index in [-0.39, 0.29) is 0 Å². The average molecular weight is 271 g/mol. The lowest BCUT2D eigenvalue weighted by Crippen LogP contribution is -2.25. The molecule has 1 rings (SSSR count). The summed E-state index contributed by atoms with van der Waals surface area (Å²) in [4.78, 5) is 2.67. The Morgan fingerprint density at radius 2 is 1.88 bits per heavy atom. The summed E-state index contributed by atoms with van der Waals surface area (Å²) >= 11 is 11.1. The molecule has 0 aliphatic carbocycles. The molecule has 0 saturated heterocycles. The average Bonchev–Trinajstić information content (AvgIpc) is 2.28. The van der Waals surface area contributed by atoms with E-state index in [2.05, 4.69) is 18.7 Å². The summed E-state index contributed by atoms with van der Waals surface area (Å²) in [5.41, 5.74) is 7.48. The van der Waals surface area contributed by atoms with Gasteiger partial charge in [-0.3, -0.25) is 0 Å². The second kappa shape index (κ2) is 6.82. The van der Waals surface area contributed by atoms with Crippen molar-refractivity contribution in [1.29, 1.82) is 0 Å². The monoisotopic (exact) mass is 270 g/mol. The van der Waals surface area contributed by atoms with Gasteiger partial charge in [-0.2, -0.15) is 0 Å². The van der Waals surface area contributed by atoms with Gasteiger partial charge in [0.1, 0.15) is 4.99 Å². The number of benzene rings is 1. The summed E-state index contributed by atoms with van der Waals surface area (Å²) in [6, 6.07) is 5.88. The lowest BCUT2D eigenvalue weighted by atomic mass is 10.2. The van der Waals surface area contributed by atoms with Crippen molar-refractivity contribution >= 4 is 34.5 Å². The first-order valence-electron chi connectivity index (χ1n) is 5.94. The van der Waals surface area contributed by atoms with Crippen LogP contribution < -0.4 is 10.6 Å². The molecule has 0 aliphatic heterocycles. The molecule has 0 atom stereocenters. The summed E-state index contributed by atoms with van der Waals surface area (Å²) in [5.74, 6) is 0. The van der Waals surface area contributed by atoms with Gasteiger partial charge in [0.05, 0.1) is 5.02 Å². The topological polar surface area (TPSA) is 29.3 Å². The van der Waals surface area contributed by atoms with Crippen LogP contribution in [0.3, 0.4) is 0 Å². The van der Waals surface area contributed by atoms with Gasteiger partial charge in [-0.15, -0.1) is 0 Å². The molecule has 0 saturated carbocycles. The zero-order chi connectivity index (χ0) is 12.8. The Bertz CT molecular complexity index is 387. The summed E-state index contributed by atoms with van der Waals surface area (Å²) in [7, 11) is 0. The predicted molar refractivity (Wildman–Crippen MR) is 80.1 cm³/mol. The standard InChI is InChI=1S/C13H19ClN2S/c1-3-7-16(8-4-2)10-5-6-11(13(15)17)12(14)9-10/h5-6,9H,3-4,7-8H2,1-2H3,(H2,15,17). The van der Waals surface area contributed by atoms with Crippen molar-refractivity contribution in [2.75, 3.05) is 18.0 Å². The Morgan fingerprint density at radius 3 is 2.29 bits per heavy atom. The van der Waals surface area contributed by atoms with Crippen LogP contribution in [0.4, 0.5) is 5.69 Å². The molecule has 0 radical (unpaired) electrons. The number of nitrogens with zero attached hydrogens (tertiary/aromatic N) is 1. The van der Waals surface area contributed by atoms with Gasteiger partial charge >= 0.3 is 0 Å². The van der Waals surface area contributed by atoms with Gasteiger partial charge in [-0.25, -0.2) is 0 Å². The highest BCUT2D eigenvalue weighted by molar-refractivity contribution is 7.80. The van der Waals surface area contributed by atoms with Crippen LogP contribution in [-0.2, 0) is 0 Å². The van der Waals surface area contributed by atoms with Gasteiger partial charge in [-0.05, 0) is 31.0 Å². The van der Waals surface area contributed by atoms with Crippen molar-refractivity contribution in [1.82, 2.24) is 0 Å². The second-order valence-electron chi connectivity index (χ2n) is 4.02. The number of halogens is 1. The third kappa shape index (κ3) is 3.86. The molecule has 4 heteroatoms. The minimum atomic E-state index is 0.346. The molecule has 1 aromatic rings. The first kappa shape index (κ1) is 14.3. The summed E-state index contributed by atoms with van der Waals surface area (Å²) < 4.78 is 0. The van der Waals surface area contributed by atoms with E-state index in [1.807, 2.05) is 18.2 Å². The Kier molecular flexibility index (Phi) is 5.72. The van der Waals surface area contributed by atoms with Crippen molar-refractivity contribution < 1.29 is 0 Å². The number of nitrogens with two attached hydrogens (primary N) is 1. The van der Waals surface area contributed by atoms with Crippen LogP contribution in [-0.4, -0.2) is 18.1 Å². The van der Waals surface area contributed by atoms with E-state index in [0.717, 1.165) is 37.2 Å². The maximum Gasteiger partial charge on any atom is 0.105 e. The highest BCUT2D eigenvalue weighted by Crippen LogP contribution is 2.24. The maximum absolute atomic E-state index is 6.17. The lowest BCUT2D eigenvalue weighted by Gasteiger charge is -2.24. The Morgan fingerprint density at radius 1 is 1.29 bits per heavy atom. The van der Waals surface area contributed by atoms with Crippen molar-refractivity contribution in [3.63, 3.8) is 0 Å². The first-order chi connectivity index (χ1) is 8.10. The van der Waals surface area contributed by atoms with Crippen LogP contribution in [0.5, 0.6) is 0 Å². The zero-order valence-corrected chi connectivity index (χ0v) is 11.9. The predicted octanol–water partition coefficient (Wildman–Crippen LogP) is 3.60. The molecule has 0 bridgehead atoms. The number of hydrogen-bond donors (Lipinski definition) is 1. The third-order valence-corrected chi connectivity index (χ3v) is 3.10. The smallest absolute Gasteiger partial charge is 0.105 e. The Labute approximate surface area is 114 Å². The van der Waals surface area contributed by atoms with Crippen LogP contribution in [0, 0.1) is 0 Å². The van der Waals surface area contributed by atoms with Gasteiger partial charge in [0.15, 0.2) is 0 Å². The van der Waals surface area contributed by atoms with Crippen LogP contribution in [0.2, 0.25) is 5.02 Å². The Hall–Kier alpha value is -0.800. The van der Waals surface area contributed by atoms with E-state index in [0.29, 0.717) is 10.0 Å². The van der Waals surface area contributed by atoms with E-state index in [9.17, 15) is 0 Å². The lowest BCUT2D eigenvalue weighted by molar-refractivity contribution is 0.745. The number of thiocarbonyl (C=S) groups is 1. The van der Waals surface area contributed by atoms with Crippen LogP contribution >= 0.6 is 23.8 Å². The summed E-state index contributed by atoms with van der Waals surface area (Å²) in [6.45, 7) is 6.43. The van der Waals surface area contributed by atoms with Crippen molar-refractivity contribution in [3.8, 4) is 0 Å². The van der Waals surface area contributed by atoms with E-state index < -0.39 is 0 Å². The molecular weight excluding hydrogens is 252 g/mol. The van der Waals surface area contributed by atoms with Crippen molar-refractivity contribution in [2.24, 2.45) is 5.73 Å². The molecule has 0 spiro atoms. The van der Waals surface area contributed by atoms with Gasteiger partial charge in [0, 0.05) is 24.3 Å². The molecule has 94 valence electrons. The molecule has 0 aromatic heterocycles. The number of hydrogen-bond acceptors (Lipinski definition) is 2. The molecule has 17 heavy (non-hydrogen) atoms. The van der Waals surface area contributed by atoms with Gasteiger partial charge in [0.2, 0.25) is 0 Å². The maximum atomic E-state index is 6.17. The fourth-order valence-corrected chi connectivity index (χ4v) is 2.32. The minimum Gasteiger partial charge on any atom is -0.389 e. The Balaban J connectivity index is 2.97. The summed E-state index contributed by atoms with van der Waals surface area (Å²) in [5, 5.41) is 0.632. The highest BCUT2D eigenvalue weighted by atomic mass is 35.5. The van der Waals surface area contributed by atoms with E-state index in [1.54, 1.807) is 0 Å². The fraction of sp³-hybridized carbons (Fsp3) is 0.462. The van der Waals surface area contributed by atoms with Crippen LogP contribution in [0.15, 0.2) is 18.2 Å². The molecule has 0 fully saturated rings. The van der Waals surface area contributed by atoms with Crippen LogP contribution in [0.1, 0.15) is 32.3 Å². The van der Waals surface area contributed by atoms with E-state index >= 15 is 0 Å². The molecule has 0 amide bonds. The van der Waals surface area contributed by atoms with E-state index in [1.165, 1.54) is 0 Å². The first-order valence-corrected chi connectivity index (χ1v) is 6.73. The quantitative estimate of drug-likeness (QED) is 0.801. The largest absolute Gasteiger partial charge is 0.389 e. The van der Waals surface area contributed by atoms with Crippen molar-refractivity contribution in [2.45, 2.75) is 26.7 Å². The van der Waals surface area contributed by atoms with Gasteiger partial charge in [-0.1, -0.05) is 37.7 Å². The second-order valence-corrected chi connectivity index (χ2v) is 4.86. The minimum absolute atomic E-state index is 0.346. The van der Waals surface area contributed by atoms with Crippen molar-refractivity contribution in [3.05, 3.63) is 28.8 Å². The molecule has 1 aromatic carbocycles. The molecule has 0 heterocycles. The molecule has 0 unspecified atom stereocenters. The number of anilines is 1. The van der Waals surface area contributed by atoms with Gasteiger partial charge < -0.3 is 10.6 Å². The van der Waals surface area contributed by atoms with Gasteiger partial charge in [0.25, 0.3) is 0 Å². The third-order valence-electron chi connectivity index (χ3n) is 2.57. The molecular formula is C13H19ClN2S. The molecule has 0 aliphatic rings.